The first kappa shape index (κ1) is 35.4. The van der Waals surface area contributed by atoms with E-state index in [0.717, 1.165) is 0 Å². The molecule has 0 radical (unpaired) electrons. The highest BCUT2D eigenvalue weighted by atomic mass is 35.5. The van der Waals surface area contributed by atoms with E-state index in [4.69, 9.17) is 41.5 Å². The van der Waals surface area contributed by atoms with Gasteiger partial charge >= 0.3 is 13.4 Å². The van der Waals surface area contributed by atoms with Crippen molar-refractivity contribution in [1.29, 1.82) is 0 Å². The predicted octanol–water partition coefficient (Wildman–Crippen LogP) is -1.25. The Balaban J connectivity index is 0.00000480. The summed E-state index contributed by atoms with van der Waals surface area (Å²) in [6, 6.07) is 1.43. The Morgan fingerprint density at radius 2 is 1.70 bits per heavy atom. The number of unbranched alkanes of at least 4 members (excludes halogenated alkanes) is 1. The van der Waals surface area contributed by atoms with Gasteiger partial charge in [-0.25, -0.2) is 29.4 Å². The summed E-state index contributed by atoms with van der Waals surface area (Å²) < 4.78 is 41.2. The SMILES string of the molecule is Cl.NC(N)=NCCCCNP(=O)(O[C@H]1C[C@H](n2ccc(N)nc2=O)O[C@@H]1CO)O[C@H]1C[C@H](n2cnc3c(N)ncnc32)O[C@@H]1CO. The summed E-state index contributed by atoms with van der Waals surface area (Å²) in [6.45, 7) is -0.404. The number of anilines is 2. The number of aliphatic imine (C=N–C) groups is 1. The van der Waals surface area contributed by atoms with Gasteiger partial charge in [0.15, 0.2) is 17.4 Å². The molecule has 3 aromatic heterocycles. The van der Waals surface area contributed by atoms with Crippen LogP contribution in [0.2, 0.25) is 0 Å². The third-order valence-electron chi connectivity index (χ3n) is 7.31. The number of aliphatic hydroxyl groups excluding tert-OH is 2. The molecule has 3 aromatic rings. The van der Waals surface area contributed by atoms with E-state index >= 15 is 0 Å². The molecule has 1 unspecified atom stereocenters. The quantitative estimate of drug-likeness (QED) is 0.0450. The van der Waals surface area contributed by atoms with Crippen LogP contribution in [0.1, 0.15) is 38.1 Å². The minimum Gasteiger partial charge on any atom is -0.394 e. The number of nitrogens with two attached hydrogens (primary N) is 4. The molecule has 2 saturated heterocycles. The van der Waals surface area contributed by atoms with Crippen LogP contribution in [0.5, 0.6) is 0 Å². The Morgan fingerprint density at radius 1 is 1.04 bits per heavy atom. The van der Waals surface area contributed by atoms with Crippen molar-refractivity contribution in [3.05, 3.63) is 35.4 Å². The fourth-order valence-corrected chi connectivity index (χ4v) is 6.92. The molecular weight excluding hydrogens is 651 g/mol. The summed E-state index contributed by atoms with van der Waals surface area (Å²) in [5, 5.41) is 23.0. The zero-order chi connectivity index (χ0) is 32.1. The smallest absolute Gasteiger partial charge is 0.394 e. The van der Waals surface area contributed by atoms with Crippen LogP contribution in [-0.2, 0) is 23.1 Å². The molecule has 0 spiro atoms. The number of imidazole rings is 1. The first-order chi connectivity index (χ1) is 21.6. The molecule has 46 heavy (non-hydrogen) atoms. The van der Waals surface area contributed by atoms with Gasteiger partial charge in [-0.2, -0.15) is 4.98 Å². The van der Waals surface area contributed by atoms with E-state index in [-0.39, 0.29) is 49.4 Å². The number of hydrogen-bond acceptors (Lipinski definition) is 15. The van der Waals surface area contributed by atoms with Crippen LogP contribution >= 0.6 is 20.2 Å². The molecule has 0 bridgehead atoms. The van der Waals surface area contributed by atoms with Crippen molar-refractivity contribution in [3.63, 3.8) is 0 Å². The summed E-state index contributed by atoms with van der Waals surface area (Å²) in [4.78, 5) is 32.5. The topological polar surface area (TPSA) is 301 Å². The minimum absolute atomic E-state index is 0. The van der Waals surface area contributed by atoms with Crippen LogP contribution in [0.3, 0.4) is 0 Å². The fraction of sp³-hybridized carbons (Fsp3) is 0.583. The number of nitrogen functional groups attached to an aromatic ring is 2. The summed E-state index contributed by atoms with van der Waals surface area (Å²) in [5.74, 6) is 0.197. The minimum atomic E-state index is -4.19. The number of halogens is 1. The van der Waals surface area contributed by atoms with E-state index < -0.39 is 63.5 Å². The highest BCUT2D eigenvalue weighted by Gasteiger charge is 2.46. The molecule has 0 amide bonds. The number of rotatable bonds is 14. The second kappa shape index (κ2) is 15.4. The molecular formula is C24H38ClN12O8P. The van der Waals surface area contributed by atoms with Crippen LogP contribution in [0.25, 0.3) is 11.2 Å². The van der Waals surface area contributed by atoms with Crippen LogP contribution in [0.15, 0.2) is 34.7 Å². The van der Waals surface area contributed by atoms with Crippen molar-refractivity contribution in [1.82, 2.24) is 34.2 Å². The maximum absolute atomic E-state index is 14.3. The summed E-state index contributed by atoms with van der Waals surface area (Å²) >= 11 is 0. The maximum atomic E-state index is 14.3. The van der Waals surface area contributed by atoms with Gasteiger partial charge < -0.3 is 42.6 Å². The van der Waals surface area contributed by atoms with Gasteiger partial charge in [-0.3, -0.25) is 23.2 Å². The molecule has 254 valence electrons. The molecule has 5 rings (SSSR count). The third-order valence-corrected chi connectivity index (χ3v) is 9.02. The molecule has 2 aliphatic heterocycles. The Labute approximate surface area is 268 Å². The number of guanidine groups is 1. The molecule has 22 heteroatoms. The highest BCUT2D eigenvalue weighted by molar-refractivity contribution is 7.51. The largest absolute Gasteiger partial charge is 0.406 e. The lowest BCUT2D eigenvalue weighted by Crippen LogP contribution is -2.33. The Kier molecular flexibility index (Phi) is 11.9. The second-order valence-corrected chi connectivity index (χ2v) is 12.2. The maximum Gasteiger partial charge on any atom is 0.406 e. The second-order valence-electron chi connectivity index (χ2n) is 10.4. The predicted molar refractivity (Wildman–Crippen MR) is 166 cm³/mol. The van der Waals surface area contributed by atoms with Gasteiger partial charge in [0, 0.05) is 32.1 Å². The summed E-state index contributed by atoms with van der Waals surface area (Å²) in [5.41, 5.74) is 22.4. The Hall–Kier alpha value is -3.46. The van der Waals surface area contributed by atoms with Crippen LogP contribution in [0, 0.1) is 0 Å². The number of aromatic nitrogens is 6. The zero-order valence-electron chi connectivity index (χ0n) is 24.6. The van der Waals surface area contributed by atoms with Gasteiger partial charge in [0.2, 0.25) is 0 Å². The average Bonchev–Trinajstić information content (AvgIpc) is 3.71. The molecule has 2 aliphatic rings. The zero-order valence-corrected chi connectivity index (χ0v) is 26.3. The first-order valence-corrected chi connectivity index (χ1v) is 15.7. The number of hydrogen-bond donors (Lipinski definition) is 7. The normalized spacial score (nSPS) is 25.7. The van der Waals surface area contributed by atoms with Gasteiger partial charge in [-0.1, -0.05) is 0 Å². The van der Waals surface area contributed by atoms with Crippen molar-refractivity contribution in [2.45, 2.75) is 62.6 Å². The molecule has 20 nitrogen and oxygen atoms in total. The van der Waals surface area contributed by atoms with E-state index in [0.29, 0.717) is 30.6 Å². The number of nitrogens with one attached hydrogen (secondary N) is 1. The van der Waals surface area contributed by atoms with E-state index in [9.17, 15) is 19.6 Å². The summed E-state index contributed by atoms with van der Waals surface area (Å²) in [6.07, 6.45) is 0.129. The Bertz CT molecular complexity index is 1610. The molecule has 5 heterocycles. The molecule has 0 saturated carbocycles. The van der Waals surface area contributed by atoms with E-state index in [1.165, 1.54) is 29.5 Å². The number of nitrogens with zero attached hydrogens (tertiary/aromatic N) is 7. The third kappa shape index (κ3) is 8.08. The monoisotopic (exact) mass is 688 g/mol. The fourth-order valence-electron chi connectivity index (χ4n) is 5.13. The highest BCUT2D eigenvalue weighted by Crippen LogP contribution is 2.52. The molecule has 7 atom stereocenters. The average molecular weight is 689 g/mol. The number of ether oxygens (including phenoxy) is 2. The van der Waals surface area contributed by atoms with Crippen LogP contribution in [-0.4, -0.2) is 96.0 Å². The summed E-state index contributed by atoms with van der Waals surface area (Å²) in [7, 11) is -4.19. The van der Waals surface area contributed by atoms with Gasteiger partial charge in [-0.05, 0) is 18.9 Å². The lowest BCUT2D eigenvalue weighted by Gasteiger charge is -2.28. The van der Waals surface area contributed by atoms with E-state index in [1.54, 1.807) is 4.57 Å². The van der Waals surface area contributed by atoms with Crippen molar-refractivity contribution < 1.29 is 33.3 Å². The van der Waals surface area contributed by atoms with Gasteiger partial charge in [-0.15, -0.1) is 12.4 Å². The van der Waals surface area contributed by atoms with Gasteiger partial charge in [0.1, 0.15) is 54.5 Å². The van der Waals surface area contributed by atoms with E-state index in [1.807, 2.05) is 0 Å². The number of aliphatic hydroxyl groups is 2. The first-order valence-electron chi connectivity index (χ1n) is 14.2. The van der Waals surface area contributed by atoms with E-state index in [2.05, 4.69) is 30.0 Å². The molecule has 11 N–H and O–H groups in total. The standard InChI is InChI=1S/C24H37N12O8P.ClH/c25-17-3-6-35(24(39)34-17)18-7-13(15(9-37)41-18)43-45(40,33-5-2-1-4-29-23(27)28)44-14-8-19(42-16(14)10-38)36-12-32-20-21(26)30-11-31-22(20)36;/h3,6,11-16,18-19,37-38H,1-2,4-5,7-10H2,(H,33,40)(H2,25,34,39)(H2,26,30,31)(H4,27,28,29);1H/t13-,14-,15+,16+,18+,19+,45?;/m0./s1. The van der Waals surface area contributed by atoms with Crippen molar-refractivity contribution in [3.8, 4) is 0 Å². The van der Waals surface area contributed by atoms with Crippen LogP contribution in [0.4, 0.5) is 11.6 Å². The van der Waals surface area contributed by atoms with Gasteiger partial charge in [0.05, 0.1) is 19.5 Å². The van der Waals surface area contributed by atoms with Gasteiger partial charge in [0.25, 0.3) is 0 Å². The lowest BCUT2D eigenvalue weighted by molar-refractivity contribution is -0.0516. The molecule has 2 fully saturated rings. The van der Waals surface area contributed by atoms with Crippen molar-refractivity contribution in [2.75, 3.05) is 37.8 Å². The van der Waals surface area contributed by atoms with Crippen molar-refractivity contribution in [2.24, 2.45) is 16.5 Å². The molecule has 0 aromatic carbocycles. The lowest BCUT2D eigenvalue weighted by atomic mass is 10.2. The Morgan fingerprint density at radius 3 is 2.30 bits per heavy atom. The van der Waals surface area contributed by atoms with Crippen LogP contribution < -0.4 is 33.7 Å². The molecule has 0 aliphatic carbocycles. The number of fused-ring (bicyclic) bond motifs is 1. The van der Waals surface area contributed by atoms with Crippen molar-refractivity contribution >= 4 is 48.9 Å².